The van der Waals surface area contributed by atoms with Crippen LogP contribution in [0.2, 0.25) is 0 Å². The average Bonchev–Trinajstić information content (AvgIpc) is 2.75. The largest absolute Gasteiger partial charge is 0.356 e. The highest BCUT2D eigenvalue weighted by atomic mass is 15.2. The lowest BCUT2D eigenvalue weighted by Gasteiger charge is -2.33. The van der Waals surface area contributed by atoms with E-state index in [0.29, 0.717) is 5.95 Å². The number of piperidine rings is 1. The fourth-order valence-electron chi connectivity index (χ4n) is 3.81. The fraction of sp³-hybridized carbons (Fsp3) is 0.333. The molecule has 28 heavy (non-hydrogen) atoms. The van der Waals surface area contributed by atoms with Crippen LogP contribution in [0.4, 0.5) is 11.8 Å². The smallest absolute Gasteiger partial charge is 0.224 e. The third-order valence-corrected chi connectivity index (χ3v) is 5.52. The minimum atomic E-state index is 0.699. The van der Waals surface area contributed by atoms with Gasteiger partial charge in [-0.25, -0.2) is 4.98 Å². The number of aryl methyl sites for hydroxylation is 1. The molecule has 2 aromatic carbocycles. The van der Waals surface area contributed by atoms with Crippen molar-refractivity contribution in [3.05, 3.63) is 83.6 Å². The van der Waals surface area contributed by atoms with E-state index in [1.54, 1.807) is 0 Å². The predicted molar refractivity (Wildman–Crippen MR) is 116 cm³/mol. The Balaban J connectivity index is 1.31. The van der Waals surface area contributed by atoms with Crippen molar-refractivity contribution in [3.8, 4) is 0 Å². The predicted octanol–water partition coefficient (Wildman–Crippen LogP) is 4.86. The number of anilines is 2. The molecule has 0 radical (unpaired) electrons. The number of hydrogen-bond donors (Lipinski definition) is 1. The van der Waals surface area contributed by atoms with Gasteiger partial charge in [0.15, 0.2) is 0 Å². The molecule has 0 aliphatic carbocycles. The van der Waals surface area contributed by atoms with Crippen LogP contribution in [0.1, 0.15) is 29.5 Å². The Morgan fingerprint density at radius 3 is 2.43 bits per heavy atom. The second-order valence-electron chi connectivity index (χ2n) is 7.70. The zero-order chi connectivity index (χ0) is 19.2. The van der Waals surface area contributed by atoms with Crippen LogP contribution in [0.3, 0.4) is 0 Å². The molecule has 1 aromatic heterocycles. The molecule has 0 bridgehead atoms. The molecule has 0 saturated carbocycles. The summed E-state index contributed by atoms with van der Waals surface area (Å²) < 4.78 is 0. The van der Waals surface area contributed by atoms with Crippen LogP contribution >= 0.6 is 0 Å². The molecule has 1 N–H and O–H groups in total. The standard InChI is InChI=1S/C24H28N4/c1-19-7-9-22(10-8-19)18-26-24-25-14-11-23(27-24)28-15-12-21(13-16-28)17-20-5-3-2-4-6-20/h2-11,14,21H,12-13,15-18H2,1H3,(H,25,26,27). The maximum atomic E-state index is 4.74. The summed E-state index contributed by atoms with van der Waals surface area (Å²) >= 11 is 0. The topological polar surface area (TPSA) is 41.1 Å². The van der Waals surface area contributed by atoms with Crippen molar-refractivity contribution in [1.82, 2.24) is 9.97 Å². The lowest BCUT2D eigenvalue weighted by Crippen LogP contribution is -2.35. The Kier molecular flexibility index (Phi) is 5.86. The summed E-state index contributed by atoms with van der Waals surface area (Å²) in [6.07, 6.45) is 5.47. The summed E-state index contributed by atoms with van der Waals surface area (Å²) in [7, 11) is 0. The summed E-state index contributed by atoms with van der Waals surface area (Å²) in [5, 5.41) is 3.35. The molecule has 2 heterocycles. The van der Waals surface area contributed by atoms with E-state index >= 15 is 0 Å². The van der Waals surface area contributed by atoms with Gasteiger partial charge in [-0.15, -0.1) is 0 Å². The normalized spacial score (nSPS) is 14.8. The zero-order valence-electron chi connectivity index (χ0n) is 16.5. The number of nitrogens with one attached hydrogen (secondary N) is 1. The maximum Gasteiger partial charge on any atom is 0.224 e. The summed E-state index contributed by atoms with van der Waals surface area (Å²) in [6, 6.07) is 21.4. The van der Waals surface area contributed by atoms with Crippen LogP contribution < -0.4 is 10.2 Å². The van der Waals surface area contributed by atoms with E-state index in [4.69, 9.17) is 4.98 Å². The molecule has 0 unspecified atom stereocenters. The van der Waals surface area contributed by atoms with Gasteiger partial charge >= 0.3 is 0 Å². The summed E-state index contributed by atoms with van der Waals surface area (Å²) in [4.78, 5) is 11.5. The van der Waals surface area contributed by atoms with E-state index in [9.17, 15) is 0 Å². The molecule has 0 amide bonds. The van der Waals surface area contributed by atoms with Gasteiger partial charge in [-0.3, -0.25) is 0 Å². The SMILES string of the molecule is Cc1ccc(CNc2nccc(N3CCC(Cc4ccccc4)CC3)n2)cc1. The first-order valence-corrected chi connectivity index (χ1v) is 10.2. The molecule has 4 rings (SSSR count). The van der Waals surface area contributed by atoms with E-state index in [1.165, 1.54) is 36.0 Å². The van der Waals surface area contributed by atoms with Gasteiger partial charge in [0, 0.05) is 25.8 Å². The van der Waals surface area contributed by atoms with Crippen LogP contribution in [-0.2, 0) is 13.0 Å². The number of rotatable bonds is 6. The number of hydrogen-bond acceptors (Lipinski definition) is 4. The van der Waals surface area contributed by atoms with Gasteiger partial charge in [0.25, 0.3) is 0 Å². The molecule has 1 aliphatic heterocycles. The Bertz CT molecular complexity index is 869. The number of nitrogens with zero attached hydrogens (tertiary/aromatic N) is 3. The highest BCUT2D eigenvalue weighted by Crippen LogP contribution is 2.25. The second-order valence-corrected chi connectivity index (χ2v) is 7.70. The Hall–Kier alpha value is -2.88. The Morgan fingerprint density at radius 1 is 0.929 bits per heavy atom. The van der Waals surface area contributed by atoms with Crippen LogP contribution in [-0.4, -0.2) is 23.1 Å². The monoisotopic (exact) mass is 372 g/mol. The van der Waals surface area contributed by atoms with Crippen LogP contribution in [0.15, 0.2) is 66.9 Å². The van der Waals surface area contributed by atoms with Gasteiger partial charge in [-0.1, -0.05) is 60.2 Å². The maximum absolute atomic E-state index is 4.74. The van der Waals surface area contributed by atoms with E-state index in [1.807, 2.05) is 12.3 Å². The molecular weight excluding hydrogens is 344 g/mol. The van der Waals surface area contributed by atoms with Crippen LogP contribution in [0, 0.1) is 12.8 Å². The van der Waals surface area contributed by atoms with Crippen molar-refractivity contribution in [2.75, 3.05) is 23.3 Å². The molecule has 3 aromatic rings. The van der Waals surface area contributed by atoms with Crippen molar-refractivity contribution in [1.29, 1.82) is 0 Å². The van der Waals surface area contributed by atoms with Gasteiger partial charge in [0.05, 0.1) is 0 Å². The lowest BCUT2D eigenvalue weighted by molar-refractivity contribution is 0.402. The molecule has 4 heteroatoms. The minimum absolute atomic E-state index is 0.699. The quantitative estimate of drug-likeness (QED) is 0.671. The lowest BCUT2D eigenvalue weighted by atomic mass is 9.90. The van der Waals surface area contributed by atoms with E-state index in [2.05, 4.69) is 76.7 Å². The molecule has 144 valence electrons. The van der Waals surface area contributed by atoms with Crippen molar-refractivity contribution in [2.24, 2.45) is 5.92 Å². The zero-order valence-corrected chi connectivity index (χ0v) is 16.5. The molecular formula is C24H28N4. The van der Waals surface area contributed by atoms with Crippen molar-refractivity contribution in [3.63, 3.8) is 0 Å². The first-order chi connectivity index (χ1) is 13.8. The van der Waals surface area contributed by atoms with E-state index < -0.39 is 0 Å². The number of benzene rings is 2. The fourth-order valence-corrected chi connectivity index (χ4v) is 3.81. The average molecular weight is 373 g/mol. The molecule has 1 aliphatic rings. The number of aromatic nitrogens is 2. The van der Waals surface area contributed by atoms with E-state index in [0.717, 1.165) is 31.4 Å². The van der Waals surface area contributed by atoms with Gasteiger partial charge in [0.1, 0.15) is 5.82 Å². The molecule has 4 nitrogen and oxygen atoms in total. The van der Waals surface area contributed by atoms with Gasteiger partial charge in [-0.2, -0.15) is 4.98 Å². The summed E-state index contributed by atoms with van der Waals surface area (Å²) in [6.45, 7) is 4.97. The molecule has 0 spiro atoms. The Labute approximate surface area is 167 Å². The summed E-state index contributed by atoms with van der Waals surface area (Å²) in [5.74, 6) is 2.49. The van der Waals surface area contributed by atoms with Crippen molar-refractivity contribution in [2.45, 2.75) is 32.7 Å². The summed E-state index contributed by atoms with van der Waals surface area (Å²) in [5.41, 5.74) is 3.96. The highest BCUT2D eigenvalue weighted by Gasteiger charge is 2.20. The Morgan fingerprint density at radius 2 is 1.68 bits per heavy atom. The van der Waals surface area contributed by atoms with Gasteiger partial charge < -0.3 is 10.2 Å². The van der Waals surface area contributed by atoms with E-state index in [-0.39, 0.29) is 0 Å². The van der Waals surface area contributed by atoms with Gasteiger partial charge in [-0.05, 0) is 49.3 Å². The first kappa shape index (κ1) is 18.5. The van der Waals surface area contributed by atoms with Crippen molar-refractivity contribution < 1.29 is 0 Å². The van der Waals surface area contributed by atoms with Crippen LogP contribution in [0.5, 0.6) is 0 Å². The molecule has 0 atom stereocenters. The first-order valence-electron chi connectivity index (χ1n) is 10.2. The third-order valence-electron chi connectivity index (χ3n) is 5.52. The van der Waals surface area contributed by atoms with Crippen molar-refractivity contribution >= 4 is 11.8 Å². The molecule has 1 saturated heterocycles. The third kappa shape index (κ3) is 4.89. The second kappa shape index (κ2) is 8.87. The van der Waals surface area contributed by atoms with Gasteiger partial charge in [0.2, 0.25) is 5.95 Å². The highest BCUT2D eigenvalue weighted by molar-refractivity contribution is 5.43. The van der Waals surface area contributed by atoms with Crippen LogP contribution in [0.25, 0.3) is 0 Å². The molecule has 1 fully saturated rings. The minimum Gasteiger partial charge on any atom is -0.356 e.